The third-order valence-corrected chi connectivity index (χ3v) is 7.42. The van der Waals surface area contributed by atoms with Gasteiger partial charge >= 0.3 is 12.7 Å². The maximum Gasteiger partial charge on any atom is 0.346 e. The van der Waals surface area contributed by atoms with Gasteiger partial charge in [0.2, 0.25) is 0 Å². The molecule has 1 saturated heterocycles. The summed E-state index contributed by atoms with van der Waals surface area (Å²) in [6, 6.07) is 3.11. The quantitative estimate of drug-likeness (QED) is 0.281. The fraction of sp³-hybridized carbons (Fsp3) is 0.667. The van der Waals surface area contributed by atoms with Crippen LogP contribution in [0.1, 0.15) is 18.2 Å². The highest BCUT2D eigenvalue weighted by Gasteiger charge is 2.43. The van der Waals surface area contributed by atoms with Crippen LogP contribution in [-0.2, 0) is 15.7 Å². The van der Waals surface area contributed by atoms with E-state index in [1.165, 1.54) is 6.07 Å². The molecular formula is C12H19BrN3O4PS. The summed E-state index contributed by atoms with van der Waals surface area (Å²) in [6.07, 6.45) is 0.903. The van der Waals surface area contributed by atoms with Gasteiger partial charge < -0.3 is 4.52 Å². The highest BCUT2D eigenvalue weighted by Crippen LogP contribution is 2.58. The first-order valence-corrected chi connectivity index (χ1v) is 10.5. The molecule has 0 bridgehead atoms. The largest absolute Gasteiger partial charge is 0.346 e. The van der Waals surface area contributed by atoms with Crippen LogP contribution in [0, 0.1) is 10.1 Å². The second kappa shape index (κ2) is 7.99. The predicted octanol–water partition coefficient (Wildman–Crippen LogP) is 3.70. The van der Waals surface area contributed by atoms with Gasteiger partial charge in [0.15, 0.2) is 0 Å². The molecule has 0 N–H and O–H groups in total. The van der Waals surface area contributed by atoms with Gasteiger partial charge in [-0.2, -0.15) is 0 Å². The number of thiophene rings is 1. The molecule has 1 aliphatic rings. The second-order valence-electron chi connectivity index (χ2n) is 4.86. The van der Waals surface area contributed by atoms with Gasteiger partial charge in [-0.05, 0) is 12.5 Å². The first kappa shape index (κ1) is 18.0. The van der Waals surface area contributed by atoms with E-state index in [0.717, 1.165) is 36.2 Å². The van der Waals surface area contributed by atoms with Crippen molar-refractivity contribution in [2.24, 2.45) is 0 Å². The van der Waals surface area contributed by atoms with Crippen LogP contribution in [0.5, 0.6) is 0 Å². The Hall–Kier alpha value is -0.310. The molecule has 0 radical (unpaired) electrons. The van der Waals surface area contributed by atoms with Crippen LogP contribution >= 0.6 is 34.9 Å². The maximum absolute atomic E-state index is 13.2. The summed E-state index contributed by atoms with van der Waals surface area (Å²) in [5.41, 5.74) is 0. The molecule has 0 amide bonds. The number of hydrogen-bond donors (Lipinski definition) is 0. The van der Waals surface area contributed by atoms with Crippen LogP contribution < -0.4 is 0 Å². The first-order valence-electron chi connectivity index (χ1n) is 7.05. The summed E-state index contributed by atoms with van der Waals surface area (Å²) in [6.45, 7) is 4.99. The van der Waals surface area contributed by atoms with E-state index in [4.69, 9.17) is 4.52 Å². The van der Waals surface area contributed by atoms with Crippen molar-refractivity contribution < 1.29 is 14.0 Å². The Morgan fingerprint density at radius 3 is 2.64 bits per heavy atom. The second-order valence-corrected chi connectivity index (χ2v) is 9.17. The molecular weight excluding hydrogens is 393 g/mol. The average molecular weight is 412 g/mol. The Bertz CT molecular complexity index is 552. The fourth-order valence-corrected chi connectivity index (χ4v) is 6.35. The molecule has 7 nitrogen and oxygen atoms in total. The smallest absolute Gasteiger partial charge is 0.300 e. The summed E-state index contributed by atoms with van der Waals surface area (Å²) in [4.78, 5) is 11.0. The van der Waals surface area contributed by atoms with E-state index in [1.54, 1.807) is 6.07 Å². The zero-order chi connectivity index (χ0) is 16.2. The van der Waals surface area contributed by atoms with Crippen LogP contribution in [-0.4, -0.2) is 45.8 Å². The Morgan fingerprint density at radius 1 is 1.41 bits per heavy atom. The number of nitro groups is 1. The Labute approximate surface area is 142 Å². The SMILES string of the molecule is CCCN1CCN(CCBr)P1(=O)OCc1ccc([N+](=O)[O-])s1. The summed E-state index contributed by atoms with van der Waals surface area (Å²) in [5, 5.41) is 11.5. The number of halogens is 1. The maximum atomic E-state index is 13.2. The third kappa shape index (κ3) is 3.96. The van der Waals surface area contributed by atoms with Gasteiger partial charge in [-0.15, -0.1) is 0 Å². The van der Waals surface area contributed by atoms with E-state index in [0.29, 0.717) is 18.0 Å². The van der Waals surface area contributed by atoms with E-state index in [9.17, 15) is 14.7 Å². The lowest BCUT2D eigenvalue weighted by Gasteiger charge is -2.28. The average Bonchev–Trinajstić information content (AvgIpc) is 3.06. The number of nitrogens with zero attached hydrogens (tertiary/aromatic N) is 3. The fourth-order valence-electron chi connectivity index (χ4n) is 2.35. The van der Waals surface area contributed by atoms with E-state index in [1.807, 2.05) is 16.3 Å². The molecule has 0 aliphatic carbocycles. The molecule has 1 atom stereocenters. The van der Waals surface area contributed by atoms with E-state index in [-0.39, 0.29) is 11.6 Å². The van der Waals surface area contributed by atoms with E-state index < -0.39 is 12.6 Å². The standard InChI is InChI=1S/C12H19BrN3O4PS/c1-2-6-14-8-9-15(7-5-13)21(14,19)20-10-11-3-4-12(22-11)16(17)18/h3-4H,2,5-10H2,1H3. The Balaban J connectivity index is 2.07. The Morgan fingerprint density at radius 2 is 2.09 bits per heavy atom. The van der Waals surface area contributed by atoms with Crippen molar-refractivity contribution in [2.75, 3.05) is 31.5 Å². The molecule has 1 fully saturated rings. The molecule has 1 unspecified atom stereocenters. The van der Waals surface area contributed by atoms with Crippen molar-refractivity contribution >= 4 is 39.9 Å². The van der Waals surface area contributed by atoms with Crippen molar-refractivity contribution in [3.8, 4) is 0 Å². The minimum absolute atomic E-state index is 0.0750. The molecule has 0 spiro atoms. The minimum Gasteiger partial charge on any atom is -0.300 e. The van der Waals surface area contributed by atoms with Gasteiger partial charge in [0.1, 0.15) is 0 Å². The topological polar surface area (TPSA) is 75.9 Å². The number of rotatable bonds is 8. The third-order valence-electron chi connectivity index (χ3n) is 3.36. The molecule has 1 aromatic rings. The van der Waals surface area contributed by atoms with Gasteiger partial charge in [0.05, 0.1) is 11.5 Å². The lowest BCUT2D eigenvalue weighted by atomic mass is 10.5. The van der Waals surface area contributed by atoms with Gasteiger partial charge in [0, 0.05) is 42.5 Å². The van der Waals surface area contributed by atoms with Crippen LogP contribution in [0.2, 0.25) is 0 Å². The van der Waals surface area contributed by atoms with E-state index >= 15 is 0 Å². The van der Waals surface area contributed by atoms with Crippen molar-refractivity contribution in [2.45, 2.75) is 20.0 Å². The number of alkyl halides is 1. The zero-order valence-corrected chi connectivity index (χ0v) is 15.6. The lowest BCUT2D eigenvalue weighted by molar-refractivity contribution is -0.380. The molecule has 1 aliphatic heterocycles. The minimum atomic E-state index is -3.03. The summed E-state index contributed by atoms with van der Waals surface area (Å²) in [5.74, 6) is 0. The zero-order valence-electron chi connectivity index (χ0n) is 12.3. The summed E-state index contributed by atoms with van der Waals surface area (Å²) >= 11 is 4.44. The molecule has 124 valence electrons. The monoisotopic (exact) mass is 411 g/mol. The number of hydrogen-bond acceptors (Lipinski definition) is 5. The van der Waals surface area contributed by atoms with Crippen molar-refractivity contribution in [1.29, 1.82) is 0 Å². The molecule has 0 saturated carbocycles. The van der Waals surface area contributed by atoms with Gasteiger partial charge in [-0.3, -0.25) is 14.7 Å². The first-order chi connectivity index (χ1) is 10.5. The molecule has 2 heterocycles. The van der Waals surface area contributed by atoms with Crippen molar-refractivity contribution in [1.82, 2.24) is 9.34 Å². The molecule has 0 aromatic carbocycles. The van der Waals surface area contributed by atoms with Crippen LogP contribution in [0.25, 0.3) is 0 Å². The van der Waals surface area contributed by atoms with Crippen LogP contribution in [0.15, 0.2) is 12.1 Å². The van der Waals surface area contributed by atoms with Crippen LogP contribution in [0.3, 0.4) is 0 Å². The van der Waals surface area contributed by atoms with Gasteiger partial charge in [-0.1, -0.05) is 34.2 Å². The molecule has 22 heavy (non-hydrogen) atoms. The normalized spacial score (nSPS) is 23.2. The van der Waals surface area contributed by atoms with Gasteiger partial charge in [-0.25, -0.2) is 9.34 Å². The highest BCUT2D eigenvalue weighted by atomic mass is 79.9. The van der Waals surface area contributed by atoms with Crippen LogP contribution in [0.4, 0.5) is 5.00 Å². The lowest BCUT2D eigenvalue weighted by Crippen LogP contribution is -2.23. The van der Waals surface area contributed by atoms with Crippen molar-refractivity contribution in [3.05, 3.63) is 27.1 Å². The molecule has 1 aromatic heterocycles. The summed E-state index contributed by atoms with van der Waals surface area (Å²) < 4.78 is 22.8. The van der Waals surface area contributed by atoms with E-state index in [2.05, 4.69) is 15.9 Å². The van der Waals surface area contributed by atoms with Crippen molar-refractivity contribution in [3.63, 3.8) is 0 Å². The Kier molecular flexibility index (Phi) is 6.55. The highest BCUT2D eigenvalue weighted by molar-refractivity contribution is 9.09. The summed E-state index contributed by atoms with van der Waals surface area (Å²) in [7, 11) is -3.03. The predicted molar refractivity (Wildman–Crippen MR) is 90.6 cm³/mol. The molecule has 2 rings (SSSR count). The molecule has 10 heteroatoms. The van der Waals surface area contributed by atoms with Gasteiger partial charge in [0.25, 0.3) is 0 Å².